The first kappa shape index (κ1) is 24.1. The molecule has 1 unspecified atom stereocenters. The van der Waals surface area contributed by atoms with Gasteiger partial charge < -0.3 is 14.8 Å². The van der Waals surface area contributed by atoms with Gasteiger partial charge in [0.25, 0.3) is 12.9 Å². The van der Waals surface area contributed by atoms with Crippen molar-refractivity contribution in [2.45, 2.75) is 25.8 Å². The Morgan fingerprint density at radius 3 is 1.94 bits per heavy atom. The van der Waals surface area contributed by atoms with Crippen molar-refractivity contribution in [1.82, 2.24) is 9.78 Å². The van der Waals surface area contributed by atoms with Crippen molar-refractivity contribution >= 4 is 35.1 Å². The van der Waals surface area contributed by atoms with Crippen LogP contribution < -0.4 is 5.32 Å². The fourth-order valence-corrected chi connectivity index (χ4v) is 2.89. The highest BCUT2D eigenvalue weighted by atomic mass is 35.5. The fourth-order valence-electron chi connectivity index (χ4n) is 2.61. The quantitative estimate of drug-likeness (QED) is 0.486. The third-order valence-electron chi connectivity index (χ3n) is 4.11. The molecule has 13 heteroatoms. The van der Waals surface area contributed by atoms with Crippen molar-refractivity contribution in [3.8, 4) is 0 Å². The molecule has 1 aromatic heterocycles. The molecule has 1 atom stereocenters. The number of amides is 1. The smallest absolute Gasteiger partial charge is 0.337 e. The van der Waals surface area contributed by atoms with Gasteiger partial charge in [-0.3, -0.25) is 4.79 Å². The number of hydrogen-bond donors (Lipinski definition) is 1. The summed E-state index contributed by atoms with van der Waals surface area (Å²) in [6.45, 7) is 1.13. The summed E-state index contributed by atoms with van der Waals surface area (Å²) in [5.74, 6) is -2.61. The molecule has 0 saturated carbocycles. The highest BCUT2D eigenvalue weighted by molar-refractivity contribution is 6.32. The van der Waals surface area contributed by atoms with Crippen LogP contribution in [0.3, 0.4) is 0 Å². The summed E-state index contributed by atoms with van der Waals surface area (Å²) in [6.07, 6.45) is -6.52. The van der Waals surface area contributed by atoms with Gasteiger partial charge in [-0.05, 0) is 25.1 Å². The molecule has 0 radical (unpaired) electrons. The minimum absolute atomic E-state index is 0.0777. The summed E-state index contributed by atoms with van der Waals surface area (Å²) in [5, 5.41) is 4.73. The Hall–Kier alpha value is -3.15. The minimum Gasteiger partial charge on any atom is -0.465 e. The Morgan fingerprint density at radius 1 is 1.00 bits per heavy atom. The van der Waals surface area contributed by atoms with Gasteiger partial charge in [0, 0.05) is 5.69 Å². The summed E-state index contributed by atoms with van der Waals surface area (Å²) in [6, 6.07) is 1.99. The third-order valence-corrected chi connectivity index (χ3v) is 4.50. The normalized spacial score (nSPS) is 12.1. The summed E-state index contributed by atoms with van der Waals surface area (Å²) in [5.41, 5.74) is -2.42. The number of carbonyl (C=O) groups excluding carboxylic acids is 3. The third kappa shape index (κ3) is 5.13. The van der Waals surface area contributed by atoms with Crippen molar-refractivity contribution in [2.24, 2.45) is 0 Å². The highest BCUT2D eigenvalue weighted by Crippen LogP contribution is 2.36. The lowest BCUT2D eigenvalue weighted by atomic mass is 10.1. The van der Waals surface area contributed by atoms with Gasteiger partial charge in [-0.25, -0.2) is 31.8 Å². The van der Waals surface area contributed by atoms with E-state index in [0.29, 0.717) is 4.68 Å². The lowest BCUT2D eigenvalue weighted by molar-refractivity contribution is -0.119. The minimum atomic E-state index is -3.28. The number of hydrogen-bond acceptors (Lipinski definition) is 6. The Kier molecular flexibility index (Phi) is 7.60. The molecule has 0 aliphatic heterocycles. The van der Waals surface area contributed by atoms with Gasteiger partial charge in [0.1, 0.15) is 17.4 Å². The number of methoxy groups -OCH3 is 2. The largest absolute Gasteiger partial charge is 0.465 e. The first-order valence-corrected chi connectivity index (χ1v) is 8.86. The van der Waals surface area contributed by atoms with Gasteiger partial charge in [0.05, 0.1) is 30.4 Å². The lowest BCUT2D eigenvalue weighted by Crippen LogP contribution is -2.26. The molecule has 1 heterocycles. The van der Waals surface area contributed by atoms with Crippen LogP contribution in [0.1, 0.15) is 57.9 Å². The van der Waals surface area contributed by atoms with E-state index >= 15 is 0 Å². The van der Waals surface area contributed by atoms with Crippen molar-refractivity contribution in [1.29, 1.82) is 0 Å². The number of nitrogens with one attached hydrogen (secondary N) is 1. The second-order valence-electron chi connectivity index (χ2n) is 6.08. The van der Waals surface area contributed by atoms with E-state index < -0.39 is 53.1 Å². The van der Waals surface area contributed by atoms with Crippen LogP contribution in [0.4, 0.5) is 23.2 Å². The Balaban J connectivity index is 2.42. The predicted molar refractivity (Wildman–Crippen MR) is 99.6 cm³/mol. The summed E-state index contributed by atoms with van der Waals surface area (Å²) < 4.78 is 62.3. The maximum absolute atomic E-state index is 13.4. The Morgan fingerprint density at radius 2 is 1.52 bits per heavy atom. The van der Waals surface area contributed by atoms with Crippen LogP contribution in [0.2, 0.25) is 5.02 Å². The number of nitrogens with zero attached hydrogens (tertiary/aromatic N) is 2. The van der Waals surface area contributed by atoms with Gasteiger partial charge in [-0.1, -0.05) is 11.6 Å². The predicted octanol–water partition coefficient (Wildman–Crippen LogP) is 4.18. The van der Waals surface area contributed by atoms with E-state index in [1.54, 1.807) is 0 Å². The number of anilines is 1. The second kappa shape index (κ2) is 9.77. The number of aromatic nitrogens is 2. The van der Waals surface area contributed by atoms with E-state index in [9.17, 15) is 31.9 Å². The number of benzene rings is 1. The molecule has 1 amide bonds. The van der Waals surface area contributed by atoms with E-state index in [0.717, 1.165) is 39.3 Å². The number of alkyl halides is 4. The molecular weight excluding hydrogens is 450 g/mol. The van der Waals surface area contributed by atoms with Crippen LogP contribution in [0.15, 0.2) is 18.2 Å². The molecule has 168 valence electrons. The molecule has 2 aromatic rings. The fraction of sp³-hybridized carbons (Fsp3) is 0.333. The first-order valence-electron chi connectivity index (χ1n) is 8.48. The van der Waals surface area contributed by atoms with Crippen molar-refractivity contribution < 1.29 is 41.4 Å². The molecule has 0 aliphatic rings. The molecule has 0 saturated heterocycles. The lowest BCUT2D eigenvalue weighted by Gasteiger charge is -2.16. The standard InChI is InChI=1S/C18H16ClF4N3O5/c1-7(26-13(15(22)23)11(19)12(25-26)14(20)21)16(27)24-10-5-8(17(28)30-2)4-9(6-10)18(29)31-3/h4-7,14-15H,1-3H3,(H,24,27). The SMILES string of the molecule is COC(=O)c1cc(NC(=O)C(C)n2nc(C(F)F)c(Cl)c2C(F)F)cc(C(=O)OC)c1. The molecule has 0 fully saturated rings. The topological polar surface area (TPSA) is 99.5 Å². The highest BCUT2D eigenvalue weighted by Gasteiger charge is 2.32. The van der Waals surface area contributed by atoms with E-state index in [2.05, 4.69) is 19.9 Å². The van der Waals surface area contributed by atoms with E-state index in [-0.39, 0.29) is 16.8 Å². The zero-order valence-corrected chi connectivity index (χ0v) is 17.0. The van der Waals surface area contributed by atoms with Crippen LogP contribution in [0.5, 0.6) is 0 Å². The average Bonchev–Trinajstić information content (AvgIpc) is 3.09. The molecule has 0 aliphatic carbocycles. The summed E-state index contributed by atoms with van der Waals surface area (Å²) in [7, 11) is 2.20. The van der Waals surface area contributed by atoms with Crippen LogP contribution in [0.25, 0.3) is 0 Å². The molecule has 1 N–H and O–H groups in total. The van der Waals surface area contributed by atoms with Gasteiger partial charge >= 0.3 is 11.9 Å². The number of halogens is 5. The van der Waals surface area contributed by atoms with Gasteiger partial charge in [0.15, 0.2) is 0 Å². The van der Waals surface area contributed by atoms with Gasteiger partial charge in [-0.2, -0.15) is 5.10 Å². The maximum atomic E-state index is 13.4. The molecule has 8 nitrogen and oxygen atoms in total. The Bertz CT molecular complexity index is 978. The first-order chi connectivity index (χ1) is 14.5. The zero-order chi connectivity index (χ0) is 23.5. The molecule has 1 aromatic carbocycles. The Labute approximate surface area is 178 Å². The van der Waals surface area contributed by atoms with E-state index in [1.165, 1.54) is 0 Å². The summed E-state index contributed by atoms with van der Waals surface area (Å²) in [4.78, 5) is 36.2. The monoisotopic (exact) mass is 465 g/mol. The van der Waals surface area contributed by atoms with Gasteiger partial charge in [0.2, 0.25) is 5.91 Å². The van der Waals surface area contributed by atoms with E-state index in [4.69, 9.17) is 11.6 Å². The van der Waals surface area contributed by atoms with Crippen LogP contribution in [-0.2, 0) is 14.3 Å². The number of carbonyl (C=O) groups is 3. The number of rotatable bonds is 7. The van der Waals surface area contributed by atoms with Gasteiger partial charge in [-0.15, -0.1) is 0 Å². The summed E-state index contributed by atoms with van der Waals surface area (Å²) >= 11 is 5.59. The van der Waals surface area contributed by atoms with Crippen LogP contribution in [0, 0.1) is 0 Å². The molecule has 2 rings (SSSR count). The zero-order valence-electron chi connectivity index (χ0n) is 16.3. The average molecular weight is 466 g/mol. The van der Waals surface area contributed by atoms with E-state index in [1.807, 2.05) is 0 Å². The number of esters is 2. The van der Waals surface area contributed by atoms with Crippen molar-refractivity contribution in [2.75, 3.05) is 19.5 Å². The molecular formula is C18H16ClF4N3O5. The second-order valence-corrected chi connectivity index (χ2v) is 6.46. The molecule has 31 heavy (non-hydrogen) atoms. The molecule has 0 bridgehead atoms. The maximum Gasteiger partial charge on any atom is 0.337 e. The molecule has 0 spiro atoms. The van der Waals surface area contributed by atoms with Crippen LogP contribution in [-0.4, -0.2) is 41.8 Å². The number of ether oxygens (including phenoxy) is 2. The van der Waals surface area contributed by atoms with Crippen molar-refractivity contribution in [3.63, 3.8) is 0 Å². The van der Waals surface area contributed by atoms with Crippen LogP contribution >= 0.6 is 11.6 Å². The van der Waals surface area contributed by atoms with Crippen molar-refractivity contribution in [3.05, 3.63) is 45.7 Å².